The van der Waals surface area contributed by atoms with E-state index in [4.69, 9.17) is 4.98 Å². The lowest BCUT2D eigenvalue weighted by Crippen LogP contribution is -2.34. The van der Waals surface area contributed by atoms with Gasteiger partial charge in [-0.25, -0.2) is 4.98 Å². The van der Waals surface area contributed by atoms with Crippen LogP contribution in [0.15, 0.2) is 0 Å². The zero-order valence-corrected chi connectivity index (χ0v) is 14.1. The highest BCUT2D eigenvalue weighted by Crippen LogP contribution is 2.30. The van der Waals surface area contributed by atoms with Crippen molar-refractivity contribution in [3.63, 3.8) is 0 Å². The third kappa shape index (κ3) is 4.19. The molecule has 1 N–H and O–H groups in total. The molecule has 0 saturated carbocycles. The first kappa shape index (κ1) is 15.8. The van der Waals surface area contributed by atoms with Crippen LogP contribution in [-0.2, 0) is 13.0 Å². The van der Waals surface area contributed by atoms with E-state index in [1.54, 1.807) is 0 Å². The second kappa shape index (κ2) is 7.99. The predicted octanol–water partition coefficient (Wildman–Crippen LogP) is 3.83. The molecule has 0 aromatic carbocycles. The number of aryl methyl sites for hydroxylation is 1. The van der Waals surface area contributed by atoms with Gasteiger partial charge < -0.3 is 10.2 Å². The van der Waals surface area contributed by atoms with E-state index >= 15 is 0 Å². The molecule has 1 aliphatic rings. The highest BCUT2D eigenvalue weighted by atomic mass is 32.1. The zero-order valence-electron chi connectivity index (χ0n) is 13.2. The summed E-state index contributed by atoms with van der Waals surface area (Å²) in [7, 11) is 0. The second-order valence-electron chi connectivity index (χ2n) is 5.94. The molecule has 2 rings (SSSR count). The Bertz CT molecular complexity index is 402. The summed E-state index contributed by atoms with van der Waals surface area (Å²) in [6, 6.07) is 0. The molecule has 1 aliphatic heterocycles. The molecule has 4 heteroatoms. The molecule has 1 unspecified atom stereocenters. The zero-order chi connectivity index (χ0) is 14.4. The summed E-state index contributed by atoms with van der Waals surface area (Å²) in [6.45, 7) is 11.3. The number of rotatable bonds is 7. The fourth-order valence-electron chi connectivity index (χ4n) is 2.79. The quantitative estimate of drug-likeness (QED) is 0.775. The number of hydrogen-bond acceptors (Lipinski definition) is 4. The Kier molecular flexibility index (Phi) is 6.30. The first-order valence-corrected chi connectivity index (χ1v) is 9.00. The van der Waals surface area contributed by atoms with Crippen molar-refractivity contribution in [1.82, 2.24) is 10.3 Å². The predicted molar refractivity (Wildman–Crippen MR) is 88.7 cm³/mol. The van der Waals surface area contributed by atoms with E-state index in [1.165, 1.54) is 54.5 Å². The molecule has 0 radical (unpaired) electrons. The molecule has 1 fully saturated rings. The van der Waals surface area contributed by atoms with E-state index in [0.717, 1.165) is 25.4 Å². The Labute approximate surface area is 127 Å². The largest absolute Gasteiger partial charge is 0.348 e. The van der Waals surface area contributed by atoms with Crippen LogP contribution in [0.4, 0.5) is 5.13 Å². The number of piperidine rings is 1. The number of thiazole rings is 1. The van der Waals surface area contributed by atoms with E-state index in [2.05, 4.69) is 31.0 Å². The van der Waals surface area contributed by atoms with Gasteiger partial charge in [-0.1, -0.05) is 27.2 Å². The molecule has 0 amide bonds. The monoisotopic (exact) mass is 295 g/mol. The van der Waals surface area contributed by atoms with Crippen LogP contribution in [0.5, 0.6) is 0 Å². The number of unbranched alkanes of at least 4 members (excludes halogenated alkanes) is 1. The number of anilines is 1. The van der Waals surface area contributed by atoms with Gasteiger partial charge in [-0.05, 0) is 38.1 Å². The summed E-state index contributed by atoms with van der Waals surface area (Å²) in [5, 5.41) is 4.80. The molecule has 1 aromatic rings. The smallest absolute Gasteiger partial charge is 0.185 e. The van der Waals surface area contributed by atoms with Crippen LogP contribution in [0.2, 0.25) is 0 Å². The standard InChI is InChI=1S/C16H29N3S/c1-4-6-9-17-11-15-14(5-2)18-16(20-15)19-10-7-8-13(3)12-19/h13,17H,4-12H2,1-3H3. The Morgan fingerprint density at radius 3 is 2.95 bits per heavy atom. The van der Waals surface area contributed by atoms with E-state index in [0.29, 0.717) is 0 Å². The van der Waals surface area contributed by atoms with Crippen LogP contribution >= 0.6 is 11.3 Å². The summed E-state index contributed by atoms with van der Waals surface area (Å²) in [4.78, 5) is 8.83. The van der Waals surface area contributed by atoms with E-state index in [9.17, 15) is 0 Å². The van der Waals surface area contributed by atoms with Crippen LogP contribution < -0.4 is 10.2 Å². The van der Waals surface area contributed by atoms with Crippen LogP contribution in [0, 0.1) is 5.92 Å². The topological polar surface area (TPSA) is 28.2 Å². The molecule has 0 aliphatic carbocycles. The molecule has 0 bridgehead atoms. The van der Waals surface area contributed by atoms with Gasteiger partial charge in [-0.15, -0.1) is 11.3 Å². The summed E-state index contributed by atoms with van der Waals surface area (Å²) < 4.78 is 0. The first-order valence-electron chi connectivity index (χ1n) is 8.18. The van der Waals surface area contributed by atoms with Crippen LogP contribution in [-0.4, -0.2) is 24.6 Å². The number of nitrogens with zero attached hydrogens (tertiary/aromatic N) is 2. The average Bonchev–Trinajstić information content (AvgIpc) is 2.87. The fourth-order valence-corrected chi connectivity index (χ4v) is 3.94. The van der Waals surface area contributed by atoms with E-state index in [1.807, 2.05) is 11.3 Å². The molecule has 3 nitrogen and oxygen atoms in total. The van der Waals surface area contributed by atoms with Crippen molar-refractivity contribution in [3.8, 4) is 0 Å². The Balaban J connectivity index is 1.98. The minimum atomic E-state index is 0.809. The average molecular weight is 295 g/mol. The number of aromatic nitrogens is 1. The van der Waals surface area contributed by atoms with Gasteiger partial charge in [-0.2, -0.15) is 0 Å². The van der Waals surface area contributed by atoms with E-state index < -0.39 is 0 Å². The van der Waals surface area contributed by atoms with Crippen LogP contribution in [0.25, 0.3) is 0 Å². The molecule has 1 atom stereocenters. The summed E-state index contributed by atoms with van der Waals surface area (Å²) in [5.41, 5.74) is 1.30. The Hall–Kier alpha value is -0.610. The van der Waals surface area contributed by atoms with Gasteiger partial charge in [0.05, 0.1) is 5.69 Å². The molecule has 2 heterocycles. The maximum absolute atomic E-state index is 4.89. The summed E-state index contributed by atoms with van der Waals surface area (Å²) >= 11 is 1.90. The highest BCUT2D eigenvalue weighted by molar-refractivity contribution is 7.15. The third-order valence-corrected chi connectivity index (χ3v) is 5.18. The molecular weight excluding hydrogens is 266 g/mol. The van der Waals surface area contributed by atoms with E-state index in [-0.39, 0.29) is 0 Å². The van der Waals surface area contributed by atoms with Crippen molar-refractivity contribution in [2.24, 2.45) is 5.92 Å². The van der Waals surface area contributed by atoms with Crippen molar-refractivity contribution < 1.29 is 0 Å². The van der Waals surface area contributed by atoms with Crippen molar-refractivity contribution in [2.45, 2.75) is 59.4 Å². The van der Waals surface area contributed by atoms with Gasteiger partial charge in [0, 0.05) is 24.5 Å². The lowest BCUT2D eigenvalue weighted by atomic mass is 10.0. The molecule has 20 heavy (non-hydrogen) atoms. The number of nitrogens with one attached hydrogen (secondary N) is 1. The van der Waals surface area contributed by atoms with Gasteiger partial charge >= 0.3 is 0 Å². The van der Waals surface area contributed by atoms with Crippen molar-refractivity contribution in [2.75, 3.05) is 24.5 Å². The normalized spacial score (nSPS) is 19.6. The first-order chi connectivity index (χ1) is 9.74. The van der Waals surface area contributed by atoms with Crippen molar-refractivity contribution in [1.29, 1.82) is 0 Å². The van der Waals surface area contributed by atoms with Gasteiger partial charge in [0.15, 0.2) is 5.13 Å². The summed E-state index contributed by atoms with van der Waals surface area (Å²) in [6.07, 6.45) is 6.24. The Morgan fingerprint density at radius 1 is 1.40 bits per heavy atom. The number of hydrogen-bond donors (Lipinski definition) is 1. The molecule has 1 saturated heterocycles. The highest BCUT2D eigenvalue weighted by Gasteiger charge is 2.20. The minimum Gasteiger partial charge on any atom is -0.348 e. The SMILES string of the molecule is CCCCNCc1sc(N2CCCC(C)C2)nc1CC. The van der Waals surface area contributed by atoms with Gasteiger partial charge in [0.1, 0.15) is 0 Å². The molecule has 0 spiro atoms. The van der Waals surface area contributed by atoms with Crippen molar-refractivity contribution >= 4 is 16.5 Å². The van der Waals surface area contributed by atoms with Crippen LogP contribution in [0.1, 0.15) is 57.0 Å². The Morgan fingerprint density at radius 2 is 2.25 bits per heavy atom. The van der Waals surface area contributed by atoms with Gasteiger partial charge in [-0.3, -0.25) is 0 Å². The third-order valence-electron chi connectivity index (χ3n) is 4.02. The maximum Gasteiger partial charge on any atom is 0.185 e. The van der Waals surface area contributed by atoms with Gasteiger partial charge in [0.25, 0.3) is 0 Å². The summed E-state index contributed by atoms with van der Waals surface area (Å²) in [5.74, 6) is 0.809. The molecule has 1 aromatic heterocycles. The lowest BCUT2D eigenvalue weighted by Gasteiger charge is -2.30. The van der Waals surface area contributed by atoms with Gasteiger partial charge in [0.2, 0.25) is 0 Å². The fraction of sp³-hybridized carbons (Fsp3) is 0.812. The maximum atomic E-state index is 4.89. The minimum absolute atomic E-state index is 0.809. The van der Waals surface area contributed by atoms with Crippen LogP contribution in [0.3, 0.4) is 0 Å². The molecule has 114 valence electrons. The molecular formula is C16H29N3S. The second-order valence-corrected chi connectivity index (χ2v) is 7.01. The van der Waals surface area contributed by atoms with Crippen molar-refractivity contribution in [3.05, 3.63) is 10.6 Å². The lowest BCUT2D eigenvalue weighted by molar-refractivity contribution is 0.446.